The zero-order valence-electron chi connectivity index (χ0n) is 8.91. The molecular weight excluding hydrogens is 178 g/mol. The molecule has 2 fully saturated rings. The van der Waals surface area contributed by atoms with Gasteiger partial charge in [-0.05, 0) is 19.9 Å². The van der Waals surface area contributed by atoms with Crippen molar-refractivity contribution in [2.75, 3.05) is 32.7 Å². The number of nitrogens with two attached hydrogens (primary N) is 1. The topological polar surface area (TPSA) is 50.5 Å². The number of nitrogens with one attached hydrogen (secondary N) is 1. The molecule has 82 valence electrons. The highest BCUT2D eigenvalue weighted by atomic mass is 16.5. The van der Waals surface area contributed by atoms with Crippen molar-refractivity contribution in [1.82, 2.24) is 10.2 Å². The third-order valence-corrected chi connectivity index (χ3v) is 3.00. The summed E-state index contributed by atoms with van der Waals surface area (Å²) in [6.07, 6.45) is 1.84. The van der Waals surface area contributed by atoms with Crippen molar-refractivity contribution < 1.29 is 4.74 Å². The number of hydrogen-bond acceptors (Lipinski definition) is 4. The molecule has 0 aromatic heterocycles. The van der Waals surface area contributed by atoms with Crippen LogP contribution in [0.4, 0.5) is 0 Å². The van der Waals surface area contributed by atoms with E-state index in [0.717, 1.165) is 39.1 Å². The Balaban J connectivity index is 1.74. The Morgan fingerprint density at radius 2 is 2.36 bits per heavy atom. The first-order chi connectivity index (χ1) is 6.74. The third kappa shape index (κ3) is 2.67. The predicted octanol–water partition coefficient (Wildman–Crippen LogP) is -0.604. The van der Waals surface area contributed by atoms with E-state index >= 15 is 0 Å². The first-order valence-corrected chi connectivity index (χ1v) is 5.58. The lowest BCUT2D eigenvalue weighted by molar-refractivity contribution is -0.0398. The molecule has 3 N–H and O–H groups in total. The molecule has 2 aliphatic heterocycles. The van der Waals surface area contributed by atoms with Crippen LogP contribution in [0.1, 0.15) is 13.3 Å². The van der Waals surface area contributed by atoms with Crippen LogP contribution in [0, 0.1) is 0 Å². The van der Waals surface area contributed by atoms with Gasteiger partial charge in [-0.25, -0.2) is 0 Å². The van der Waals surface area contributed by atoms with Gasteiger partial charge in [0, 0.05) is 32.2 Å². The molecule has 0 saturated carbocycles. The molecule has 2 aliphatic rings. The molecule has 14 heavy (non-hydrogen) atoms. The van der Waals surface area contributed by atoms with E-state index < -0.39 is 0 Å². The number of likely N-dealkylation sites (tertiary alicyclic amines) is 1. The van der Waals surface area contributed by atoms with Crippen molar-refractivity contribution in [3.8, 4) is 0 Å². The van der Waals surface area contributed by atoms with Crippen molar-refractivity contribution >= 4 is 0 Å². The van der Waals surface area contributed by atoms with Gasteiger partial charge in [0.1, 0.15) is 0 Å². The minimum atomic E-state index is 0.351. The molecule has 0 unspecified atom stereocenters. The van der Waals surface area contributed by atoms with Gasteiger partial charge in [-0.15, -0.1) is 0 Å². The Labute approximate surface area is 85.8 Å². The standard InChI is InChI=1S/C10H21N3O/c1-8-4-12-5-10(14-8)7-13-3-2-9(11)6-13/h8-10,12H,2-7,11H2,1H3/t8-,9+,10+/m1/s1. The monoisotopic (exact) mass is 199 g/mol. The van der Waals surface area contributed by atoms with E-state index in [-0.39, 0.29) is 0 Å². The van der Waals surface area contributed by atoms with Gasteiger partial charge >= 0.3 is 0 Å². The molecule has 4 heteroatoms. The van der Waals surface area contributed by atoms with Gasteiger partial charge in [-0.3, -0.25) is 4.90 Å². The lowest BCUT2D eigenvalue weighted by Crippen LogP contribution is -2.48. The minimum Gasteiger partial charge on any atom is -0.371 e. The Hall–Kier alpha value is -0.160. The highest BCUT2D eigenvalue weighted by molar-refractivity contribution is 4.82. The molecule has 0 aromatic rings. The largest absolute Gasteiger partial charge is 0.371 e. The molecular formula is C10H21N3O. The normalized spacial score (nSPS) is 40.3. The summed E-state index contributed by atoms with van der Waals surface area (Å²) >= 11 is 0. The van der Waals surface area contributed by atoms with Crippen molar-refractivity contribution in [3.05, 3.63) is 0 Å². The fourth-order valence-electron chi connectivity index (χ4n) is 2.30. The smallest absolute Gasteiger partial charge is 0.0830 e. The molecule has 3 atom stereocenters. The lowest BCUT2D eigenvalue weighted by atomic mass is 10.2. The van der Waals surface area contributed by atoms with Crippen LogP contribution < -0.4 is 11.1 Å². The van der Waals surface area contributed by atoms with Crippen molar-refractivity contribution in [2.45, 2.75) is 31.6 Å². The lowest BCUT2D eigenvalue weighted by Gasteiger charge is -2.31. The highest BCUT2D eigenvalue weighted by Gasteiger charge is 2.25. The molecule has 0 aliphatic carbocycles. The molecule has 2 rings (SSSR count). The van der Waals surface area contributed by atoms with Crippen LogP contribution in [-0.4, -0.2) is 55.9 Å². The molecule has 0 radical (unpaired) electrons. The van der Waals surface area contributed by atoms with E-state index in [1.807, 2.05) is 0 Å². The third-order valence-electron chi connectivity index (χ3n) is 3.00. The number of ether oxygens (including phenoxy) is 1. The average Bonchev–Trinajstić information content (AvgIpc) is 2.51. The molecule has 4 nitrogen and oxygen atoms in total. The van der Waals surface area contributed by atoms with Gasteiger partial charge in [0.05, 0.1) is 12.2 Å². The zero-order chi connectivity index (χ0) is 9.97. The van der Waals surface area contributed by atoms with Crippen LogP contribution in [0.25, 0.3) is 0 Å². The van der Waals surface area contributed by atoms with Crippen molar-refractivity contribution in [1.29, 1.82) is 0 Å². The van der Waals surface area contributed by atoms with Gasteiger partial charge < -0.3 is 15.8 Å². The predicted molar refractivity (Wildman–Crippen MR) is 56.2 cm³/mol. The fraction of sp³-hybridized carbons (Fsp3) is 1.00. The van der Waals surface area contributed by atoms with E-state index in [4.69, 9.17) is 10.5 Å². The number of hydrogen-bond donors (Lipinski definition) is 2. The van der Waals surface area contributed by atoms with Crippen LogP contribution in [0.2, 0.25) is 0 Å². The summed E-state index contributed by atoms with van der Waals surface area (Å²) in [4.78, 5) is 2.41. The first-order valence-electron chi connectivity index (χ1n) is 5.58. The van der Waals surface area contributed by atoms with Crippen LogP contribution in [-0.2, 0) is 4.74 Å². The molecule has 0 bridgehead atoms. The van der Waals surface area contributed by atoms with Crippen LogP contribution >= 0.6 is 0 Å². The summed E-state index contributed by atoms with van der Waals surface area (Å²) in [5, 5.41) is 3.39. The summed E-state index contributed by atoms with van der Waals surface area (Å²) in [6.45, 7) is 7.29. The van der Waals surface area contributed by atoms with E-state index in [0.29, 0.717) is 18.2 Å². The maximum atomic E-state index is 5.86. The minimum absolute atomic E-state index is 0.351. The molecule has 0 aromatic carbocycles. The molecule has 0 amide bonds. The second-order valence-corrected chi connectivity index (χ2v) is 4.54. The molecule has 0 spiro atoms. The van der Waals surface area contributed by atoms with E-state index in [9.17, 15) is 0 Å². The second-order valence-electron chi connectivity index (χ2n) is 4.54. The number of nitrogens with zero attached hydrogens (tertiary/aromatic N) is 1. The summed E-state index contributed by atoms with van der Waals surface area (Å²) in [5.41, 5.74) is 5.86. The number of rotatable bonds is 2. The van der Waals surface area contributed by atoms with Crippen molar-refractivity contribution in [3.63, 3.8) is 0 Å². The Morgan fingerprint density at radius 1 is 1.50 bits per heavy atom. The number of morpholine rings is 1. The van der Waals surface area contributed by atoms with Gasteiger partial charge in [0.2, 0.25) is 0 Å². The van der Waals surface area contributed by atoms with Crippen LogP contribution in [0.15, 0.2) is 0 Å². The summed E-state index contributed by atoms with van der Waals surface area (Å²) < 4.78 is 5.84. The maximum Gasteiger partial charge on any atom is 0.0830 e. The average molecular weight is 199 g/mol. The second kappa shape index (κ2) is 4.57. The van der Waals surface area contributed by atoms with Gasteiger partial charge in [-0.1, -0.05) is 0 Å². The summed E-state index contributed by atoms with van der Waals surface area (Å²) in [6, 6.07) is 0.379. The van der Waals surface area contributed by atoms with E-state index in [1.54, 1.807) is 0 Å². The van der Waals surface area contributed by atoms with Crippen LogP contribution in [0.5, 0.6) is 0 Å². The van der Waals surface area contributed by atoms with Crippen LogP contribution in [0.3, 0.4) is 0 Å². The molecule has 2 heterocycles. The van der Waals surface area contributed by atoms with Crippen molar-refractivity contribution in [2.24, 2.45) is 5.73 Å². The molecule has 2 saturated heterocycles. The van der Waals surface area contributed by atoms with E-state index in [2.05, 4.69) is 17.1 Å². The van der Waals surface area contributed by atoms with Gasteiger partial charge in [-0.2, -0.15) is 0 Å². The Kier molecular flexibility index (Phi) is 3.38. The fourth-order valence-corrected chi connectivity index (χ4v) is 2.30. The quantitative estimate of drug-likeness (QED) is 0.623. The van der Waals surface area contributed by atoms with E-state index in [1.165, 1.54) is 0 Å². The maximum absolute atomic E-state index is 5.86. The summed E-state index contributed by atoms with van der Waals surface area (Å²) in [5.74, 6) is 0. The zero-order valence-corrected chi connectivity index (χ0v) is 8.91. The summed E-state index contributed by atoms with van der Waals surface area (Å²) in [7, 11) is 0. The Morgan fingerprint density at radius 3 is 3.00 bits per heavy atom. The SMILES string of the molecule is C[C@@H]1CNC[C@@H](CN2CC[C@H](N)C2)O1. The van der Waals surface area contributed by atoms with Gasteiger partial charge in [0.25, 0.3) is 0 Å². The van der Waals surface area contributed by atoms with Gasteiger partial charge in [0.15, 0.2) is 0 Å². The highest BCUT2D eigenvalue weighted by Crippen LogP contribution is 2.11. The Bertz CT molecular complexity index is 188. The first kappa shape index (κ1) is 10.4.